The van der Waals surface area contributed by atoms with Crippen LogP contribution >= 0.6 is 0 Å². The Morgan fingerprint density at radius 3 is 2.44 bits per heavy atom. The molecule has 0 saturated heterocycles. The maximum absolute atomic E-state index is 12.6. The van der Waals surface area contributed by atoms with Crippen molar-refractivity contribution in [2.75, 3.05) is 19.5 Å². The van der Waals surface area contributed by atoms with E-state index in [1.807, 2.05) is 39.0 Å². The average Bonchev–Trinajstić information content (AvgIpc) is 2.62. The fraction of sp³-hybridized carbons (Fsp3) is 0.350. The van der Waals surface area contributed by atoms with Crippen LogP contribution in [0.15, 0.2) is 36.4 Å². The van der Waals surface area contributed by atoms with Gasteiger partial charge in [0.15, 0.2) is 6.10 Å². The highest BCUT2D eigenvalue weighted by Crippen LogP contribution is 2.29. The Morgan fingerprint density at radius 1 is 1.04 bits per heavy atom. The molecule has 25 heavy (non-hydrogen) atoms. The van der Waals surface area contributed by atoms with Crippen molar-refractivity contribution in [3.8, 4) is 17.2 Å². The van der Waals surface area contributed by atoms with Crippen LogP contribution < -0.4 is 19.5 Å². The molecule has 2 rings (SSSR count). The molecule has 1 atom stereocenters. The molecule has 0 bridgehead atoms. The molecule has 0 radical (unpaired) electrons. The number of amides is 1. The summed E-state index contributed by atoms with van der Waals surface area (Å²) in [6.45, 7) is 5.88. The summed E-state index contributed by atoms with van der Waals surface area (Å²) in [5.74, 6) is 1.71. The lowest BCUT2D eigenvalue weighted by molar-refractivity contribution is -0.122. The Hall–Kier alpha value is -2.69. The van der Waals surface area contributed by atoms with Crippen LogP contribution in [0.5, 0.6) is 17.2 Å². The van der Waals surface area contributed by atoms with E-state index in [-0.39, 0.29) is 5.91 Å². The molecule has 5 nitrogen and oxygen atoms in total. The van der Waals surface area contributed by atoms with Crippen molar-refractivity contribution in [1.82, 2.24) is 0 Å². The van der Waals surface area contributed by atoms with E-state index in [0.717, 1.165) is 16.9 Å². The topological polar surface area (TPSA) is 56.8 Å². The number of hydrogen-bond acceptors (Lipinski definition) is 4. The first-order valence-corrected chi connectivity index (χ1v) is 8.25. The number of carbonyl (C=O) groups is 1. The molecule has 0 unspecified atom stereocenters. The quantitative estimate of drug-likeness (QED) is 0.822. The maximum atomic E-state index is 12.6. The van der Waals surface area contributed by atoms with Crippen molar-refractivity contribution >= 4 is 11.6 Å². The zero-order valence-electron chi connectivity index (χ0n) is 15.4. The molecule has 134 valence electrons. The number of rotatable bonds is 7. The summed E-state index contributed by atoms with van der Waals surface area (Å²) < 4.78 is 16.4. The average molecular weight is 343 g/mol. The fourth-order valence-corrected chi connectivity index (χ4v) is 2.42. The van der Waals surface area contributed by atoms with Crippen molar-refractivity contribution in [2.24, 2.45) is 0 Å². The first kappa shape index (κ1) is 18.6. The van der Waals surface area contributed by atoms with E-state index < -0.39 is 6.10 Å². The molecule has 2 aromatic carbocycles. The van der Waals surface area contributed by atoms with E-state index in [2.05, 4.69) is 5.32 Å². The number of ether oxygens (including phenoxy) is 3. The number of anilines is 1. The van der Waals surface area contributed by atoms with Gasteiger partial charge in [-0.25, -0.2) is 0 Å². The fourth-order valence-electron chi connectivity index (χ4n) is 2.42. The van der Waals surface area contributed by atoms with Gasteiger partial charge in [-0.1, -0.05) is 19.1 Å². The molecule has 0 saturated carbocycles. The van der Waals surface area contributed by atoms with Crippen LogP contribution in [0.4, 0.5) is 5.69 Å². The molecular weight excluding hydrogens is 318 g/mol. The molecule has 0 aliphatic rings. The summed E-state index contributed by atoms with van der Waals surface area (Å²) in [5, 5.41) is 2.87. The number of carbonyl (C=O) groups excluding carboxylic acids is 1. The summed E-state index contributed by atoms with van der Waals surface area (Å²) in [7, 11) is 3.13. The minimum atomic E-state index is -0.590. The Morgan fingerprint density at radius 2 is 1.80 bits per heavy atom. The monoisotopic (exact) mass is 343 g/mol. The van der Waals surface area contributed by atoms with E-state index >= 15 is 0 Å². The van der Waals surface area contributed by atoms with E-state index in [0.29, 0.717) is 23.6 Å². The second kappa shape index (κ2) is 8.42. The van der Waals surface area contributed by atoms with Gasteiger partial charge >= 0.3 is 0 Å². The highest BCUT2D eigenvalue weighted by molar-refractivity contribution is 5.95. The number of benzene rings is 2. The van der Waals surface area contributed by atoms with Gasteiger partial charge in [0.25, 0.3) is 5.91 Å². The highest BCUT2D eigenvalue weighted by atomic mass is 16.5. The Bertz CT molecular complexity index is 742. The minimum Gasteiger partial charge on any atom is -0.497 e. The Labute approximate surface area is 148 Å². The normalized spacial score (nSPS) is 11.6. The van der Waals surface area contributed by atoms with Gasteiger partial charge < -0.3 is 19.5 Å². The molecular formula is C20H25NO4. The van der Waals surface area contributed by atoms with Gasteiger partial charge in [0.05, 0.1) is 19.9 Å². The third-order valence-corrected chi connectivity index (χ3v) is 3.94. The molecule has 0 aliphatic heterocycles. The Kier molecular flexibility index (Phi) is 6.28. The summed E-state index contributed by atoms with van der Waals surface area (Å²) in [5.41, 5.74) is 2.67. The van der Waals surface area contributed by atoms with Gasteiger partial charge in [0.2, 0.25) is 0 Å². The summed E-state index contributed by atoms with van der Waals surface area (Å²) in [4.78, 5) is 12.6. The largest absolute Gasteiger partial charge is 0.497 e. The van der Waals surface area contributed by atoms with Crippen LogP contribution in [0, 0.1) is 13.8 Å². The lowest BCUT2D eigenvalue weighted by Gasteiger charge is -2.20. The Balaban J connectivity index is 2.16. The first-order valence-electron chi connectivity index (χ1n) is 8.25. The van der Waals surface area contributed by atoms with Crippen LogP contribution in [0.3, 0.4) is 0 Å². The molecule has 1 amide bonds. The van der Waals surface area contributed by atoms with Crippen molar-refractivity contribution in [1.29, 1.82) is 0 Å². The highest BCUT2D eigenvalue weighted by Gasteiger charge is 2.21. The van der Waals surface area contributed by atoms with Gasteiger partial charge in [-0.15, -0.1) is 0 Å². The lowest BCUT2D eigenvalue weighted by Crippen LogP contribution is -2.32. The van der Waals surface area contributed by atoms with Gasteiger partial charge in [0.1, 0.15) is 17.2 Å². The standard InChI is InChI=1S/C20H25NO4/c1-6-17(25-18-11-13(2)7-8-14(18)3)20(22)21-16-10-9-15(23-4)12-19(16)24-5/h7-12,17H,6H2,1-5H3,(H,21,22)/t17-/m0/s1. The zero-order chi connectivity index (χ0) is 18.4. The van der Waals surface area contributed by atoms with Crippen molar-refractivity contribution < 1.29 is 19.0 Å². The molecule has 0 heterocycles. The molecule has 5 heteroatoms. The van der Waals surface area contributed by atoms with Crippen molar-refractivity contribution in [2.45, 2.75) is 33.3 Å². The molecule has 0 aliphatic carbocycles. The van der Waals surface area contributed by atoms with E-state index in [9.17, 15) is 4.79 Å². The van der Waals surface area contributed by atoms with E-state index in [1.165, 1.54) is 0 Å². The second-order valence-electron chi connectivity index (χ2n) is 5.84. The summed E-state index contributed by atoms with van der Waals surface area (Å²) in [6.07, 6.45) is -0.0372. The van der Waals surface area contributed by atoms with Crippen molar-refractivity contribution in [3.63, 3.8) is 0 Å². The van der Waals surface area contributed by atoms with E-state index in [1.54, 1.807) is 32.4 Å². The lowest BCUT2D eigenvalue weighted by atomic mass is 10.1. The number of methoxy groups -OCH3 is 2. The molecule has 0 spiro atoms. The summed E-state index contributed by atoms with van der Waals surface area (Å²) in [6, 6.07) is 11.2. The smallest absolute Gasteiger partial charge is 0.265 e. The van der Waals surface area contributed by atoms with Crippen LogP contribution in [0.1, 0.15) is 24.5 Å². The number of nitrogens with one attached hydrogen (secondary N) is 1. The second-order valence-corrected chi connectivity index (χ2v) is 5.84. The third-order valence-electron chi connectivity index (χ3n) is 3.94. The van der Waals surface area contributed by atoms with E-state index in [4.69, 9.17) is 14.2 Å². The SMILES string of the molecule is CC[C@H](Oc1cc(C)ccc1C)C(=O)Nc1ccc(OC)cc1OC. The third kappa shape index (κ3) is 4.66. The minimum absolute atomic E-state index is 0.216. The maximum Gasteiger partial charge on any atom is 0.265 e. The molecule has 0 fully saturated rings. The van der Waals surface area contributed by atoms with Gasteiger partial charge in [-0.3, -0.25) is 4.79 Å². The van der Waals surface area contributed by atoms with Crippen molar-refractivity contribution in [3.05, 3.63) is 47.5 Å². The first-order chi connectivity index (χ1) is 12.0. The van der Waals surface area contributed by atoms with Gasteiger partial charge in [-0.2, -0.15) is 0 Å². The van der Waals surface area contributed by atoms with Gasteiger partial charge in [0, 0.05) is 6.07 Å². The van der Waals surface area contributed by atoms with Gasteiger partial charge in [-0.05, 0) is 49.6 Å². The van der Waals surface area contributed by atoms with Crippen LogP contribution in [-0.2, 0) is 4.79 Å². The van der Waals surface area contributed by atoms with Crippen LogP contribution in [0.25, 0.3) is 0 Å². The molecule has 0 aromatic heterocycles. The predicted molar refractivity (Wildman–Crippen MR) is 98.8 cm³/mol. The number of hydrogen-bond donors (Lipinski definition) is 1. The predicted octanol–water partition coefficient (Wildman–Crippen LogP) is 4.12. The zero-order valence-corrected chi connectivity index (χ0v) is 15.4. The molecule has 2 aromatic rings. The van der Waals surface area contributed by atoms with Crippen LogP contribution in [0.2, 0.25) is 0 Å². The number of aryl methyl sites for hydroxylation is 2. The van der Waals surface area contributed by atoms with Crippen LogP contribution in [-0.4, -0.2) is 26.2 Å². The summed E-state index contributed by atoms with van der Waals surface area (Å²) >= 11 is 0. The molecule has 1 N–H and O–H groups in total.